The molecule has 15 aromatic rings. The van der Waals surface area contributed by atoms with Crippen LogP contribution in [0.15, 0.2) is 212 Å². The standard InChI is InChI=1S/C86H78N4/c1-84(2,3)59-39-41-61(42-40-59)88(75-50-58-32-22-20-30-56(58)48-67(75)54-27-15-11-16-28-54)73-46-44-63-69-52-76-68(51-77(69)90-81-65(79(73)83(63)90)36-24-38-71(81)86(7,8)9)62-43-45-72(78-64-35-23-37-70(85(4,5)6)80(64)89(76)82(62)78)87(60-33-17-12-18-34-60)74-49-57-31-21-19-29-55(57)47-66(74)53-25-13-10-14-26-53/h10-18,23-28,33-52H,19-22,29-32H2,1-9H3/i10D,11D,13D,14D,15D,16D,25D,26D,27D,28D. The van der Waals surface area contributed by atoms with Gasteiger partial charge in [-0.25, -0.2) is 0 Å². The van der Waals surface area contributed by atoms with E-state index in [1.807, 2.05) is 18.2 Å². The van der Waals surface area contributed by atoms with E-state index in [4.69, 9.17) is 8.22 Å². The van der Waals surface area contributed by atoms with Gasteiger partial charge in [0.05, 0.1) is 69.6 Å². The molecule has 0 bridgehead atoms. The summed E-state index contributed by atoms with van der Waals surface area (Å²) in [5.41, 5.74) is 20.5. The number of aromatic nitrogens is 2. The van der Waals surface area contributed by atoms with Gasteiger partial charge in [0.15, 0.2) is 0 Å². The molecule has 442 valence electrons. The van der Waals surface area contributed by atoms with Crippen molar-refractivity contribution in [3.8, 4) is 22.3 Å². The number of anilines is 6. The minimum absolute atomic E-state index is 0.144. The summed E-state index contributed by atoms with van der Waals surface area (Å²) in [6.07, 6.45) is 7.45. The average Bonchev–Trinajstić information content (AvgIpc) is 1.51. The van der Waals surface area contributed by atoms with Crippen molar-refractivity contribution in [2.24, 2.45) is 0 Å². The van der Waals surface area contributed by atoms with Gasteiger partial charge in [-0.3, -0.25) is 0 Å². The molecule has 0 radical (unpaired) electrons. The van der Waals surface area contributed by atoms with Crippen LogP contribution in [0.4, 0.5) is 34.1 Å². The summed E-state index contributed by atoms with van der Waals surface area (Å²) in [6.45, 7) is 20.4. The maximum atomic E-state index is 9.58. The molecular formula is C86H78N4. The van der Waals surface area contributed by atoms with Gasteiger partial charge < -0.3 is 18.6 Å². The Morgan fingerprint density at radius 2 is 0.756 bits per heavy atom. The first-order valence-electron chi connectivity index (χ1n) is 37.4. The molecule has 0 saturated heterocycles. The van der Waals surface area contributed by atoms with Gasteiger partial charge in [0.1, 0.15) is 0 Å². The van der Waals surface area contributed by atoms with Crippen LogP contribution in [0.5, 0.6) is 0 Å². The molecule has 0 aliphatic heterocycles. The minimum atomic E-state index is -0.421. The molecule has 90 heavy (non-hydrogen) atoms. The zero-order valence-corrected chi connectivity index (χ0v) is 52.9. The molecule has 2 aliphatic carbocycles. The van der Waals surface area contributed by atoms with E-state index >= 15 is 0 Å². The quantitative estimate of drug-likeness (QED) is 0.151. The largest absolute Gasteiger partial charge is 0.309 e. The van der Waals surface area contributed by atoms with E-state index in [2.05, 4.69) is 214 Å². The Balaban J connectivity index is 0.993. The summed E-state index contributed by atoms with van der Waals surface area (Å²) in [7, 11) is 0. The van der Waals surface area contributed by atoms with Gasteiger partial charge in [0, 0.05) is 65.6 Å². The first-order valence-corrected chi connectivity index (χ1v) is 32.4. The van der Waals surface area contributed by atoms with Crippen molar-refractivity contribution < 1.29 is 13.7 Å². The third-order valence-electron chi connectivity index (χ3n) is 20.0. The molecule has 0 saturated carbocycles. The molecule has 4 heteroatoms. The van der Waals surface area contributed by atoms with Gasteiger partial charge >= 0.3 is 0 Å². The van der Waals surface area contributed by atoms with Crippen LogP contribution in [0.2, 0.25) is 0 Å². The molecule has 0 atom stereocenters. The van der Waals surface area contributed by atoms with Crippen molar-refractivity contribution in [2.75, 3.05) is 9.80 Å². The smallest absolute Gasteiger partial charge is 0.0641 e. The second-order valence-corrected chi connectivity index (χ2v) is 28.7. The van der Waals surface area contributed by atoms with Crippen LogP contribution in [0.3, 0.4) is 0 Å². The SMILES string of the molecule is [2H]c1c([2H])c([2H])c(-c2cc3c(cc2N(c2ccccc2)c2ccc4c5cc6c(cc5n5c7c(C(C)(C)C)cccc7c2c45)c2ccc(N(c4ccc(C(C)(C)C)cc4)c4cc5c(cc4-c4c([2H])c([2H])c([2H])c([2H])c4[2H])CCCC5)c4c5cccc(C(C)(C)C)c5n6c24)CCCC3)c([2H])c1[2H]. The Morgan fingerprint density at radius 1 is 0.344 bits per heavy atom. The van der Waals surface area contributed by atoms with Crippen molar-refractivity contribution in [2.45, 2.75) is 130 Å². The molecular weight excluding hydrogens is 1090 g/mol. The molecule has 11 aromatic carbocycles. The number of nitrogens with zero attached hydrogens (tertiary/aromatic N) is 4. The van der Waals surface area contributed by atoms with Gasteiger partial charge in [-0.1, -0.05) is 202 Å². The normalized spacial score (nSPS) is 15.7. The molecule has 0 amide bonds. The van der Waals surface area contributed by atoms with E-state index in [0.717, 1.165) is 173 Å². The lowest BCUT2D eigenvalue weighted by Crippen LogP contribution is -2.15. The molecule has 0 unspecified atom stereocenters. The van der Waals surface area contributed by atoms with Gasteiger partial charge in [0.25, 0.3) is 0 Å². The molecule has 0 fully saturated rings. The number of para-hydroxylation sites is 3. The maximum Gasteiger partial charge on any atom is 0.0641 e. The molecule has 0 spiro atoms. The second kappa shape index (κ2) is 20.1. The van der Waals surface area contributed by atoms with Crippen LogP contribution >= 0.6 is 0 Å². The molecule has 17 rings (SSSR count). The van der Waals surface area contributed by atoms with Crippen LogP contribution in [0.25, 0.3) is 98.4 Å². The van der Waals surface area contributed by atoms with Crippen LogP contribution < -0.4 is 9.80 Å². The summed E-state index contributed by atoms with van der Waals surface area (Å²) in [5.74, 6) is 0. The van der Waals surface area contributed by atoms with E-state index in [9.17, 15) is 5.48 Å². The number of aryl methyl sites for hydroxylation is 4. The fourth-order valence-electron chi connectivity index (χ4n) is 15.8. The zero-order chi connectivity index (χ0) is 69.8. The summed E-state index contributed by atoms with van der Waals surface area (Å²) in [6, 6.07) is 51.9. The van der Waals surface area contributed by atoms with E-state index in [1.54, 1.807) is 0 Å². The third-order valence-corrected chi connectivity index (χ3v) is 20.0. The van der Waals surface area contributed by atoms with Crippen LogP contribution in [-0.4, -0.2) is 8.80 Å². The summed E-state index contributed by atoms with van der Waals surface area (Å²) < 4.78 is 96.7. The fraction of sp³-hybridized carbons (Fsp3) is 0.233. The molecule has 2 aliphatic rings. The maximum absolute atomic E-state index is 9.58. The Morgan fingerprint density at radius 3 is 1.17 bits per heavy atom. The fourth-order valence-corrected chi connectivity index (χ4v) is 15.8. The van der Waals surface area contributed by atoms with Gasteiger partial charge in [-0.2, -0.15) is 0 Å². The molecule has 4 aromatic heterocycles. The highest BCUT2D eigenvalue weighted by Gasteiger charge is 2.34. The molecule has 0 N–H and O–H groups in total. The van der Waals surface area contributed by atoms with Gasteiger partial charge in [-0.15, -0.1) is 0 Å². The van der Waals surface area contributed by atoms with Crippen LogP contribution in [0, 0.1) is 0 Å². The third kappa shape index (κ3) is 8.32. The van der Waals surface area contributed by atoms with Crippen molar-refractivity contribution in [1.29, 1.82) is 0 Å². The van der Waals surface area contributed by atoms with Crippen molar-refractivity contribution in [3.63, 3.8) is 0 Å². The Hall–Kier alpha value is -9.38. The number of rotatable bonds is 8. The first-order chi connectivity index (χ1) is 47.7. The number of hydrogen-bond donors (Lipinski definition) is 0. The highest BCUT2D eigenvalue weighted by atomic mass is 15.2. The minimum Gasteiger partial charge on any atom is -0.309 e. The molecule has 4 nitrogen and oxygen atoms in total. The summed E-state index contributed by atoms with van der Waals surface area (Å²) in [5, 5.41) is 8.57. The average molecular weight is 1180 g/mol. The van der Waals surface area contributed by atoms with E-state index in [0.29, 0.717) is 11.1 Å². The predicted octanol–water partition coefficient (Wildman–Crippen LogP) is 23.9. The lowest BCUT2D eigenvalue weighted by molar-refractivity contribution is 0.590. The topological polar surface area (TPSA) is 15.3 Å². The lowest BCUT2D eigenvalue weighted by atomic mass is 9.85. The van der Waals surface area contributed by atoms with Gasteiger partial charge in [0.2, 0.25) is 0 Å². The van der Waals surface area contributed by atoms with Crippen molar-refractivity contribution in [3.05, 3.63) is 251 Å². The highest BCUT2D eigenvalue weighted by Crippen LogP contribution is 2.55. The molecule has 4 heterocycles. The van der Waals surface area contributed by atoms with Crippen molar-refractivity contribution in [1.82, 2.24) is 8.80 Å². The Labute approximate surface area is 543 Å². The number of hydrogen-bond acceptors (Lipinski definition) is 2. The second-order valence-electron chi connectivity index (χ2n) is 28.7. The van der Waals surface area contributed by atoms with Crippen LogP contribution in [-0.2, 0) is 41.9 Å². The Kier molecular flexibility index (Phi) is 10.0. The lowest BCUT2D eigenvalue weighted by Gasteiger charge is -2.31. The monoisotopic (exact) mass is 1180 g/mol. The summed E-state index contributed by atoms with van der Waals surface area (Å²) in [4.78, 5) is 4.60. The summed E-state index contributed by atoms with van der Waals surface area (Å²) >= 11 is 0. The zero-order valence-electron chi connectivity index (χ0n) is 62.9. The number of benzene rings is 11. The van der Waals surface area contributed by atoms with E-state index in [-0.39, 0.29) is 75.7 Å². The predicted molar refractivity (Wildman–Crippen MR) is 385 cm³/mol. The Bertz CT molecular complexity index is 5930. The van der Waals surface area contributed by atoms with Crippen LogP contribution in [0.1, 0.15) is 141 Å². The number of fused-ring (bicyclic) bond motifs is 14. The van der Waals surface area contributed by atoms with Gasteiger partial charge in [-0.05, 0) is 190 Å². The van der Waals surface area contributed by atoms with Crippen molar-refractivity contribution >= 4 is 110 Å². The van der Waals surface area contributed by atoms with E-state index < -0.39 is 12.1 Å². The highest BCUT2D eigenvalue weighted by molar-refractivity contribution is 6.33. The van der Waals surface area contributed by atoms with E-state index in [1.165, 1.54) is 27.8 Å². The first kappa shape index (κ1) is 45.0.